The molecule has 0 heterocycles. The molecule has 6 heteroatoms. The van der Waals surface area contributed by atoms with E-state index in [0.29, 0.717) is 5.92 Å². The largest absolute Gasteiger partial charge is 0.480 e. The van der Waals surface area contributed by atoms with Gasteiger partial charge >= 0.3 is 5.97 Å². The number of carboxylic acids is 1. The smallest absolute Gasteiger partial charge is 0.326 e. The molecule has 0 bridgehead atoms. The van der Waals surface area contributed by atoms with Crippen molar-refractivity contribution in [2.24, 2.45) is 17.6 Å². The normalized spacial score (nSPS) is 18.6. The lowest BCUT2D eigenvalue weighted by molar-refractivity contribution is -0.144. The van der Waals surface area contributed by atoms with Crippen molar-refractivity contribution in [3.63, 3.8) is 0 Å². The average Bonchev–Trinajstić information content (AvgIpc) is 2.97. The molecule has 1 aliphatic rings. The summed E-state index contributed by atoms with van der Waals surface area (Å²) >= 11 is 0. The number of primary amides is 1. The number of hydrogen-bond acceptors (Lipinski definition) is 3. The number of amides is 2. The second-order valence-electron chi connectivity index (χ2n) is 4.20. The Morgan fingerprint density at radius 3 is 2.38 bits per heavy atom. The van der Waals surface area contributed by atoms with Crippen LogP contribution >= 0.6 is 0 Å². The van der Waals surface area contributed by atoms with E-state index in [1.54, 1.807) is 6.92 Å². The van der Waals surface area contributed by atoms with Crippen LogP contribution in [0, 0.1) is 11.8 Å². The van der Waals surface area contributed by atoms with Crippen molar-refractivity contribution in [3.05, 3.63) is 0 Å². The monoisotopic (exact) mass is 228 g/mol. The molecular weight excluding hydrogens is 212 g/mol. The summed E-state index contributed by atoms with van der Waals surface area (Å²) in [5.74, 6) is -2.16. The minimum absolute atomic E-state index is 0.199. The lowest BCUT2D eigenvalue weighted by Gasteiger charge is -2.16. The van der Waals surface area contributed by atoms with Crippen LogP contribution in [0.1, 0.15) is 26.2 Å². The fourth-order valence-corrected chi connectivity index (χ4v) is 1.51. The molecule has 1 saturated carbocycles. The zero-order chi connectivity index (χ0) is 12.3. The highest BCUT2D eigenvalue weighted by Gasteiger charge is 2.34. The van der Waals surface area contributed by atoms with Crippen LogP contribution in [0.25, 0.3) is 0 Å². The van der Waals surface area contributed by atoms with Crippen LogP contribution < -0.4 is 11.1 Å². The lowest BCUT2D eigenvalue weighted by atomic mass is 10.0. The van der Waals surface area contributed by atoms with Gasteiger partial charge in [0.15, 0.2) is 0 Å². The number of carbonyl (C=O) groups excluding carboxylic acids is 2. The third-order valence-electron chi connectivity index (χ3n) is 2.76. The van der Waals surface area contributed by atoms with E-state index in [9.17, 15) is 14.4 Å². The first-order valence-corrected chi connectivity index (χ1v) is 5.23. The molecule has 0 aromatic heterocycles. The van der Waals surface area contributed by atoms with Gasteiger partial charge in [-0.25, -0.2) is 4.79 Å². The Bertz CT molecular complexity index is 312. The van der Waals surface area contributed by atoms with E-state index in [-0.39, 0.29) is 18.2 Å². The van der Waals surface area contributed by atoms with Gasteiger partial charge in [-0.15, -0.1) is 0 Å². The summed E-state index contributed by atoms with van der Waals surface area (Å²) in [4.78, 5) is 33.0. The number of aliphatic carboxylic acids is 1. The second kappa shape index (κ2) is 4.96. The van der Waals surface area contributed by atoms with Crippen LogP contribution in [0.3, 0.4) is 0 Å². The SMILES string of the molecule is CC(C(=O)N[C@@H](CC(N)=O)C(=O)O)C1CC1. The third kappa shape index (κ3) is 3.52. The fourth-order valence-electron chi connectivity index (χ4n) is 1.51. The summed E-state index contributed by atoms with van der Waals surface area (Å²) < 4.78 is 0. The van der Waals surface area contributed by atoms with Crippen LogP contribution in [0.4, 0.5) is 0 Å². The van der Waals surface area contributed by atoms with Crippen molar-refractivity contribution in [1.29, 1.82) is 0 Å². The molecule has 2 amide bonds. The van der Waals surface area contributed by atoms with Crippen molar-refractivity contribution in [2.45, 2.75) is 32.2 Å². The first-order valence-electron chi connectivity index (χ1n) is 5.23. The molecule has 0 aromatic carbocycles. The average molecular weight is 228 g/mol. The zero-order valence-corrected chi connectivity index (χ0v) is 9.10. The molecular formula is C10H16N2O4. The predicted octanol–water partition coefficient (Wildman–Crippen LogP) is -0.523. The molecule has 0 aromatic rings. The molecule has 16 heavy (non-hydrogen) atoms. The molecule has 0 radical (unpaired) electrons. The molecule has 2 atom stereocenters. The molecule has 0 aliphatic heterocycles. The summed E-state index contributed by atoms with van der Waals surface area (Å²) in [6, 6.07) is -1.22. The second-order valence-corrected chi connectivity index (χ2v) is 4.20. The van der Waals surface area contributed by atoms with E-state index in [1.807, 2.05) is 0 Å². The summed E-state index contributed by atoms with van der Waals surface area (Å²) in [7, 11) is 0. The van der Waals surface area contributed by atoms with Crippen molar-refractivity contribution < 1.29 is 19.5 Å². The maximum Gasteiger partial charge on any atom is 0.326 e. The van der Waals surface area contributed by atoms with E-state index < -0.39 is 17.9 Å². The van der Waals surface area contributed by atoms with Crippen molar-refractivity contribution >= 4 is 17.8 Å². The highest BCUT2D eigenvalue weighted by molar-refractivity contribution is 5.88. The van der Waals surface area contributed by atoms with Crippen LogP contribution in [0.2, 0.25) is 0 Å². The number of rotatable bonds is 6. The van der Waals surface area contributed by atoms with E-state index in [1.165, 1.54) is 0 Å². The molecule has 90 valence electrons. The highest BCUT2D eigenvalue weighted by atomic mass is 16.4. The standard InChI is InChI=1S/C10H16N2O4/c1-5(6-2-3-6)9(14)12-7(10(15)16)4-8(11)13/h5-7H,2-4H2,1H3,(H2,11,13)(H,12,14)(H,15,16)/t5?,7-/m0/s1. The van der Waals surface area contributed by atoms with E-state index in [2.05, 4.69) is 5.32 Å². The molecule has 1 fully saturated rings. The Morgan fingerprint density at radius 1 is 1.44 bits per heavy atom. The Labute approximate surface area is 93.2 Å². The fraction of sp³-hybridized carbons (Fsp3) is 0.700. The number of nitrogens with two attached hydrogens (primary N) is 1. The van der Waals surface area contributed by atoms with Gasteiger partial charge in [-0.3, -0.25) is 9.59 Å². The minimum Gasteiger partial charge on any atom is -0.480 e. The summed E-state index contributed by atoms with van der Waals surface area (Å²) in [5.41, 5.74) is 4.90. The number of carboxylic acid groups (broad SMARTS) is 1. The van der Waals surface area contributed by atoms with Gasteiger partial charge in [0.1, 0.15) is 6.04 Å². The van der Waals surface area contributed by atoms with Gasteiger partial charge in [0, 0.05) is 5.92 Å². The van der Waals surface area contributed by atoms with Gasteiger partial charge in [0.25, 0.3) is 0 Å². The van der Waals surface area contributed by atoms with Crippen molar-refractivity contribution in [1.82, 2.24) is 5.32 Å². The van der Waals surface area contributed by atoms with Crippen molar-refractivity contribution in [2.75, 3.05) is 0 Å². The molecule has 0 saturated heterocycles. The van der Waals surface area contributed by atoms with Crippen LogP contribution in [0.15, 0.2) is 0 Å². The third-order valence-corrected chi connectivity index (χ3v) is 2.76. The highest BCUT2D eigenvalue weighted by Crippen LogP contribution is 2.36. The van der Waals surface area contributed by atoms with Crippen molar-refractivity contribution in [3.8, 4) is 0 Å². The first kappa shape index (κ1) is 12.5. The van der Waals surface area contributed by atoms with Gasteiger partial charge < -0.3 is 16.2 Å². The Balaban J connectivity index is 2.49. The molecule has 0 spiro atoms. The number of carbonyl (C=O) groups is 3. The van der Waals surface area contributed by atoms with Gasteiger partial charge in [-0.05, 0) is 18.8 Å². The summed E-state index contributed by atoms with van der Waals surface area (Å²) in [6.07, 6.45) is 1.63. The van der Waals surface area contributed by atoms with E-state index in [0.717, 1.165) is 12.8 Å². The van der Waals surface area contributed by atoms with Crippen LogP contribution in [-0.2, 0) is 14.4 Å². The quantitative estimate of drug-likeness (QED) is 0.568. The summed E-state index contributed by atoms with van der Waals surface area (Å²) in [5, 5.41) is 11.1. The maximum atomic E-state index is 11.6. The first-order chi connectivity index (χ1) is 7.41. The minimum atomic E-state index is -1.24. The van der Waals surface area contributed by atoms with Crippen LogP contribution in [0.5, 0.6) is 0 Å². The Morgan fingerprint density at radius 2 is 2.00 bits per heavy atom. The summed E-state index contributed by atoms with van der Waals surface area (Å²) in [6.45, 7) is 1.76. The van der Waals surface area contributed by atoms with E-state index in [4.69, 9.17) is 10.8 Å². The maximum absolute atomic E-state index is 11.6. The van der Waals surface area contributed by atoms with Crippen LogP contribution in [-0.4, -0.2) is 28.9 Å². The van der Waals surface area contributed by atoms with Gasteiger partial charge in [-0.1, -0.05) is 6.92 Å². The zero-order valence-electron chi connectivity index (χ0n) is 9.10. The topological polar surface area (TPSA) is 109 Å². The number of hydrogen-bond donors (Lipinski definition) is 3. The van der Waals surface area contributed by atoms with E-state index >= 15 is 0 Å². The molecule has 1 rings (SSSR count). The Kier molecular flexibility index (Phi) is 3.87. The molecule has 1 unspecified atom stereocenters. The molecule has 6 nitrogen and oxygen atoms in total. The van der Waals surface area contributed by atoms with Gasteiger partial charge in [0.2, 0.25) is 11.8 Å². The van der Waals surface area contributed by atoms with Gasteiger partial charge in [-0.2, -0.15) is 0 Å². The van der Waals surface area contributed by atoms with Gasteiger partial charge in [0.05, 0.1) is 6.42 Å². The predicted molar refractivity (Wildman–Crippen MR) is 55.3 cm³/mol. The lowest BCUT2D eigenvalue weighted by Crippen LogP contribution is -2.45. The Hall–Kier alpha value is -1.59. The molecule has 1 aliphatic carbocycles. The number of nitrogens with one attached hydrogen (secondary N) is 1. The molecule has 4 N–H and O–H groups in total.